The highest BCUT2D eigenvalue weighted by molar-refractivity contribution is 6.40. The van der Waals surface area contributed by atoms with Crippen LogP contribution >= 0.6 is 23.2 Å². The normalized spacial score (nSPS) is 12.8. The number of rotatable bonds is 10. The summed E-state index contributed by atoms with van der Waals surface area (Å²) in [6.45, 7) is 6.96. The van der Waals surface area contributed by atoms with Crippen LogP contribution in [0, 0.1) is 0 Å². The number of ether oxygens (including phenoxy) is 4. The fraction of sp³-hybridized carbons (Fsp3) is 0.323. The second kappa shape index (κ2) is 14.9. The van der Waals surface area contributed by atoms with Crippen molar-refractivity contribution in [1.29, 1.82) is 0 Å². The van der Waals surface area contributed by atoms with E-state index in [1.54, 1.807) is 58.0 Å². The minimum absolute atomic E-state index is 0.000552. The lowest BCUT2D eigenvalue weighted by Gasteiger charge is -2.30. The molecule has 0 saturated carbocycles. The van der Waals surface area contributed by atoms with E-state index in [-0.39, 0.29) is 27.0 Å². The molecule has 15 heteroatoms. The van der Waals surface area contributed by atoms with E-state index >= 15 is 0 Å². The van der Waals surface area contributed by atoms with Crippen LogP contribution in [0.15, 0.2) is 54.6 Å². The van der Waals surface area contributed by atoms with E-state index in [4.69, 9.17) is 37.4 Å². The quantitative estimate of drug-likeness (QED) is 0.187. The number of hydrogen-bond donors (Lipinski definition) is 3. The van der Waals surface area contributed by atoms with Gasteiger partial charge in [-0.1, -0.05) is 41.4 Å². The van der Waals surface area contributed by atoms with Gasteiger partial charge in [-0.3, -0.25) is 4.79 Å². The molecule has 0 radical (unpaired) electrons. The lowest BCUT2D eigenvalue weighted by molar-refractivity contribution is -0.274. The number of amides is 3. The van der Waals surface area contributed by atoms with Gasteiger partial charge in [-0.25, -0.2) is 9.59 Å². The number of alkyl halides is 3. The maximum Gasteiger partial charge on any atom is 0.573 e. The van der Waals surface area contributed by atoms with Gasteiger partial charge < -0.3 is 34.9 Å². The van der Waals surface area contributed by atoms with Gasteiger partial charge in [0.1, 0.15) is 11.5 Å². The Hall–Kier alpha value is -4.20. The van der Waals surface area contributed by atoms with Crippen LogP contribution < -0.4 is 25.4 Å². The van der Waals surface area contributed by atoms with Crippen LogP contribution in [0.2, 0.25) is 10.0 Å². The summed E-state index contributed by atoms with van der Waals surface area (Å²) in [4.78, 5) is 39.4. The topological polar surface area (TPSA) is 124 Å². The van der Waals surface area contributed by atoms with Crippen molar-refractivity contribution in [2.75, 3.05) is 24.9 Å². The van der Waals surface area contributed by atoms with Crippen molar-refractivity contribution in [1.82, 2.24) is 5.32 Å². The Balaban J connectivity index is 1.97. The van der Waals surface area contributed by atoms with Crippen molar-refractivity contribution in [3.05, 3.63) is 70.2 Å². The Bertz CT molecular complexity index is 1560. The zero-order valence-corrected chi connectivity index (χ0v) is 27.1. The third kappa shape index (κ3) is 10.2. The number of hydrogen-bond acceptors (Lipinski definition) is 7. The molecule has 3 aromatic carbocycles. The second-order valence-corrected chi connectivity index (χ2v) is 11.6. The highest BCUT2D eigenvalue weighted by Gasteiger charge is 2.33. The molecule has 2 atom stereocenters. The summed E-state index contributed by atoms with van der Waals surface area (Å²) in [6.07, 6.45) is -5.79. The Morgan fingerprint density at radius 2 is 1.41 bits per heavy atom. The molecule has 0 aromatic heterocycles. The van der Waals surface area contributed by atoms with Crippen LogP contribution in [-0.4, -0.2) is 56.2 Å². The standard InChI is InChI=1S/C31H32Cl2F3N3O7/c1-16(45-30(2,3)4)25(28(41)44-6)38-27(40)21-12-9-18(17-7-10-19(43-5)11-8-17)13-24(21)37-29(42)39-26-22(32)14-20(15-23(26)33)46-31(34,35)36/h7-16,25H,1-6H3,(H,38,40)(H2,37,39,42)/t16-,25+/m1/s1. The predicted molar refractivity (Wildman–Crippen MR) is 168 cm³/mol. The molecule has 0 bridgehead atoms. The summed E-state index contributed by atoms with van der Waals surface area (Å²) in [5.41, 5.74) is 0.388. The third-order valence-corrected chi connectivity index (χ3v) is 6.77. The molecule has 10 nitrogen and oxygen atoms in total. The second-order valence-electron chi connectivity index (χ2n) is 10.8. The maximum atomic E-state index is 13.6. The SMILES string of the molecule is COC(=O)[C@@H](NC(=O)c1ccc(-c2ccc(OC)cc2)cc1NC(=O)Nc1c(Cl)cc(OC(F)(F)F)cc1Cl)[C@@H](C)OC(C)(C)C. The summed E-state index contributed by atoms with van der Waals surface area (Å²) in [5, 5.41) is 6.85. The number of methoxy groups -OCH3 is 2. The van der Waals surface area contributed by atoms with Gasteiger partial charge in [-0.15, -0.1) is 13.2 Å². The van der Waals surface area contributed by atoms with Crippen molar-refractivity contribution in [2.45, 2.75) is 51.8 Å². The smallest absolute Gasteiger partial charge is 0.497 e. The molecule has 46 heavy (non-hydrogen) atoms. The Labute approximate surface area is 273 Å². The van der Waals surface area contributed by atoms with Crippen molar-refractivity contribution in [3.63, 3.8) is 0 Å². The van der Waals surface area contributed by atoms with Gasteiger partial charge in [0, 0.05) is 12.1 Å². The number of esters is 1. The molecular formula is C31H32Cl2F3N3O7. The molecule has 3 aromatic rings. The first-order chi connectivity index (χ1) is 21.4. The van der Waals surface area contributed by atoms with Crippen molar-refractivity contribution in [3.8, 4) is 22.6 Å². The van der Waals surface area contributed by atoms with Crippen LogP contribution in [0.1, 0.15) is 38.1 Å². The average Bonchev–Trinajstić information content (AvgIpc) is 2.95. The Kier molecular flexibility index (Phi) is 11.8. The zero-order valence-electron chi connectivity index (χ0n) is 25.6. The third-order valence-electron chi connectivity index (χ3n) is 6.17. The minimum atomic E-state index is -4.99. The van der Waals surface area contributed by atoms with Crippen LogP contribution in [0.5, 0.6) is 11.5 Å². The first-order valence-electron chi connectivity index (χ1n) is 13.6. The van der Waals surface area contributed by atoms with Crippen LogP contribution in [0.4, 0.5) is 29.3 Å². The monoisotopic (exact) mass is 685 g/mol. The van der Waals surface area contributed by atoms with Gasteiger partial charge in [0.15, 0.2) is 6.04 Å². The van der Waals surface area contributed by atoms with Gasteiger partial charge in [0.05, 0.1) is 52.9 Å². The molecule has 248 valence electrons. The van der Waals surface area contributed by atoms with Crippen molar-refractivity contribution >= 4 is 52.5 Å². The van der Waals surface area contributed by atoms with Gasteiger partial charge >= 0.3 is 18.4 Å². The predicted octanol–water partition coefficient (Wildman–Crippen LogP) is 7.69. The first kappa shape index (κ1) is 36.3. The van der Waals surface area contributed by atoms with Crippen molar-refractivity contribution < 1.29 is 46.5 Å². The first-order valence-corrected chi connectivity index (χ1v) is 14.3. The molecule has 0 aliphatic carbocycles. The molecular weight excluding hydrogens is 654 g/mol. The molecule has 3 rings (SSSR count). The number of anilines is 2. The van der Waals surface area contributed by atoms with Crippen LogP contribution in [0.3, 0.4) is 0 Å². The van der Waals surface area contributed by atoms with Gasteiger partial charge in [-0.2, -0.15) is 0 Å². The lowest BCUT2D eigenvalue weighted by atomic mass is 10.0. The van der Waals surface area contributed by atoms with E-state index in [0.717, 1.165) is 12.1 Å². The maximum absolute atomic E-state index is 13.6. The van der Waals surface area contributed by atoms with Crippen molar-refractivity contribution in [2.24, 2.45) is 0 Å². The molecule has 0 unspecified atom stereocenters. The van der Waals surface area contributed by atoms with Gasteiger partial charge in [0.2, 0.25) is 0 Å². The molecule has 3 N–H and O–H groups in total. The number of halogens is 5. The fourth-order valence-electron chi connectivity index (χ4n) is 4.28. The number of carbonyl (C=O) groups excluding carboxylic acids is 3. The summed E-state index contributed by atoms with van der Waals surface area (Å²) < 4.78 is 57.8. The van der Waals surface area contributed by atoms with E-state index in [1.165, 1.54) is 26.4 Å². The fourth-order valence-corrected chi connectivity index (χ4v) is 4.84. The van der Waals surface area contributed by atoms with Gasteiger partial charge in [0.25, 0.3) is 5.91 Å². The van der Waals surface area contributed by atoms with E-state index < -0.39 is 47.8 Å². The Morgan fingerprint density at radius 1 is 0.826 bits per heavy atom. The van der Waals surface area contributed by atoms with E-state index in [1.807, 2.05) is 0 Å². The van der Waals surface area contributed by atoms with Crippen LogP contribution in [-0.2, 0) is 14.3 Å². The molecule has 0 saturated heterocycles. The number of carbonyl (C=O) groups is 3. The molecule has 0 spiro atoms. The van der Waals surface area contributed by atoms with E-state index in [9.17, 15) is 27.6 Å². The summed E-state index contributed by atoms with van der Waals surface area (Å²) in [6, 6.07) is 11.1. The average molecular weight is 687 g/mol. The summed E-state index contributed by atoms with van der Waals surface area (Å²) >= 11 is 12.2. The molecule has 3 amide bonds. The molecule has 0 fully saturated rings. The summed E-state index contributed by atoms with van der Waals surface area (Å²) in [5.74, 6) is -1.58. The highest BCUT2D eigenvalue weighted by Crippen LogP contribution is 2.37. The van der Waals surface area contributed by atoms with Crippen LogP contribution in [0.25, 0.3) is 11.1 Å². The van der Waals surface area contributed by atoms with Gasteiger partial charge in [-0.05, 0) is 63.1 Å². The molecule has 0 heterocycles. The Morgan fingerprint density at radius 3 is 1.93 bits per heavy atom. The zero-order chi connectivity index (χ0) is 34.4. The number of nitrogens with one attached hydrogen (secondary N) is 3. The molecule has 0 aliphatic rings. The highest BCUT2D eigenvalue weighted by atomic mass is 35.5. The summed E-state index contributed by atoms with van der Waals surface area (Å²) in [7, 11) is 2.69. The number of urea groups is 1. The van der Waals surface area contributed by atoms with E-state index in [2.05, 4.69) is 20.7 Å². The van der Waals surface area contributed by atoms with E-state index in [0.29, 0.717) is 16.9 Å². The minimum Gasteiger partial charge on any atom is -0.497 e. The lowest BCUT2D eigenvalue weighted by Crippen LogP contribution is -2.51. The largest absolute Gasteiger partial charge is 0.573 e. The number of benzene rings is 3. The molecule has 0 aliphatic heterocycles.